The number of aromatic nitrogens is 2. The first kappa shape index (κ1) is 13.1. The van der Waals surface area contributed by atoms with Gasteiger partial charge in [0.2, 0.25) is 5.88 Å². The third-order valence-corrected chi connectivity index (χ3v) is 2.83. The zero-order valence-corrected chi connectivity index (χ0v) is 10.9. The summed E-state index contributed by atoms with van der Waals surface area (Å²) in [5.41, 5.74) is 1.97. The van der Waals surface area contributed by atoms with Crippen molar-refractivity contribution in [2.24, 2.45) is 13.0 Å². The van der Waals surface area contributed by atoms with E-state index in [2.05, 4.69) is 5.10 Å². The molecule has 0 radical (unpaired) electrons. The molecule has 0 amide bonds. The number of rotatable bonds is 5. The van der Waals surface area contributed by atoms with Crippen molar-refractivity contribution in [2.75, 3.05) is 6.61 Å². The summed E-state index contributed by atoms with van der Waals surface area (Å²) in [4.78, 5) is 10.7. The van der Waals surface area contributed by atoms with E-state index in [0.717, 1.165) is 11.3 Å². The van der Waals surface area contributed by atoms with Gasteiger partial charge in [0, 0.05) is 13.1 Å². The van der Waals surface area contributed by atoms with Crippen molar-refractivity contribution >= 4 is 5.97 Å². The van der Waals surface area contributed by atoms with E-state index in [4.69, 9.17) is 9.84 Å². The fraction of sp³-hybridized carbons (Fsp3) is 0.286. The van der Waals surface area contributed by atoms with E-state index in [9.17, 15) is 4.79 Å². The van der Waals surface area contributed by atoms with Crippen LogP contribution in [0.5, 0.6) is 5.88 Å². The quantitative estimate of drug-likeness (QED) is 0.895. The molecular weight excluding hydrogens is 244 g/mol. The molecule has 19 heavy (non-hydrogen) atoms. The van der Waals surface area contributed by atoms with E-state index in [1.165, 1.54) is 0 Å². The van der Waals surface area contributed by atoms with E-state index >= 15 is 0 Å². The summed E-state index contributed by atoms with van der Waals surface area (Å²) in [7, 11) is 1.83. The number of aliphatic carboxylic acids is 1. The normalized spacial score (nSPS) is 12.1. The Bertz CT molecular complexity index is 563. The number of hydrogen-bond donors (Lipinski definition) is 1. The van der Waals surface area contributed by atoms with Gasteiger partial charge in [-0.15, -0.1) is 5.10 Å². The van der Waals surface area contributed by atoms with Crippen molar-refractivity contribution < 1.29 is 14.6 Å². The molecule has 2 rings (SSSR count). The predicted molar refractivity (Wildman–Crippen MR) is 70.9 cm³/mol. The minimum absolute atomic E-state index is 0.112. The minimum atomic E-state index is -0.876. The third kappa shape index (κ3) is 3.13. The molecule has 1 N–H and O–H groups in total. The summed E-state index contributed by atoms with van der Waals surface area (Å²) in [5.74, 6) is -0.990. The average molecular weight is 260 g/mol. The maximum absolute atomic E-state index is 10.7. The maximum Gasteiger partial charge on any atom is 0.309 e. The number of carboxylic acids is 1. The Labute approximate surface area is 111 Å². The van der Waals surface area contributed by atoms with Crippen LogP contribution in [-0.2, 0) is 11.8 Å². The van der Waals surface area contributed by atoms with Crippen molar-refractivity contribution in [1.29, 1.82) is 0 Å². The molecule has 0 bridgehead atoms. The second-order valence-corrected chi connectivity index (χ2v) is 4.41. The molecule has 1 atom stereocenters. The lowest BCUT2D eigenvalue weighted by molar-refractivity contribution is -0.142. The number of hydrogen-bond acceptors (Lipinski definition) is 3. The number of carbonyl (C=O) groups is 1. The summed E-state index contributed by atoms with van der Waals surface area (Å²) in [6.45, 7) is 1.71. The van der Waals surface area contributed by atoms with Gasteiger partial charge in [0.05, 0.1) is 11.6 Å². The van der Waals surface area contributed by atoms with Gasteiger partial charge in [-0.05, 0) is 12.5 Å². The van der Waals surface area contributed by atoms with Gasteiger partial charge >= 0.3 is 5.97 Å². The minimum Gasteiger partial charge on any atom is -0.481 e. The molecule has 0 aliphatic carbocycles. The highest BCUT2D eigenvalue weighted by Crippen LogP contribution is 2.22. The molecule has 0 fully saturated rings. The lowest BCUT2D eigenvalue weighted by atomic mass is 10.1. The molecule has 2 aromatic rings. The largest absolute Gasteiger partial charge is 0.481 e. The van der Waals surface area contributed by atoms with Gasteiger partial charge in [0.1, 0.15) is 6.61 Å². The zero-order chi connectivity index (χ0) is 13.8. The molecule has 0 aliphatic rings. The molecule has 0 saturated carbocycles. The molecule has 1 unspecified atom stereocenters. The van der Waals surface area contributed by atoms with Gasteiger partial charge in [0.25, 0.3) is 0 Å². The number of carboxylic acid groups (broad SMARTS) is 1. The maximum atomic E-state index is 10.7. The highest BCUT2D eigenvalue weighted by Gasteiger charge is 2.13. The van der Waals surface area contributed by atoms with Crippen molar-refractivity contribution in [3.05, 3.63) is 36.4 Å². The Kier molecular flexibility index (Phi) is 3.85. The first-order valence-electron chi connectivity index (χ1n) is 6.03. The molecule has 5 heteroatoms. The molecule has 1 aromatic carbocycles. The molecule has 5 nitrogen and oxygen atoms in total. The SMILES string of the molecule is CC(COc1cc(-c2ccccc2)n(C)n1)C(=O)O. The van der Waals surface area contributed by atoms with Crippen LogP contribution in [0.4, 0.5) is 0 Å². The van der Waals surface area contributed by atoms with Crippen molar-refractivity contribution in [3.8, 4) is 17.1 Å². The Morgan fingerprint density at radius 2 is 2.11 bits per heavy atom. The molecule has 1 heterocycles. The lowest BCUT2D eigenvalue weighted by Crippen LogP contribution is -2.18. The topological polar surface area (TPSA) is 64.4 Å². The van der Waals surface area contributed by atoms with E-state index in [-0.39, 0.29) is 6.61 Å². The Hall–Kier alpha value is -2.30. The van der Waals surface area contributed by atoms with E-state index in [1.54, 1.807) is 11.6 Å². The Balaban J connectivity index is 2.11. The van der Waals surface area contributed by atoms with Crippen LogP contribution in [-0.4, -0.2) is 27.5 Å². The molecular formula is C14H16N2O3. The van der Waals surface area contributed by atoms with Crippen LogP contribution in [0.3, 0.4) is 0 Å². The first-order valence-corrected chi connectivity index (χ1v) is 6.03. The van der Waals surface area contributed by atoms with Gasteiger partial charge in [-0.25, -0.2) is 0 Å². The van der Waals surface area contributed by atoms with Gasteiger partial charge in [0.15, 0.2) is 0 Å². The standard InChI is InChI=1S/C14H16N2O3/c1-10(14(17)18)9-19-13-8-12(16(2)15-13)11-6-4-3-5-7-11/h3-8,10H,9H2,1-2H3,(H,17,18). The van der Waals surface area contributed by atoms with Crippen molar-refractivity contribution in [2.45, 2.75) is 6.92 Å². The molecule has 0 spiro atoms. The third-order valence-electron chi connectivity index (χ3n) is 2.83. The van der Waals surface area contributed by atoms with Gasteiger partial charge in [-0.3, -0.25) is 9.48 Å². The number of benzene rings is 1. The van der Waals surface area contributed by atoms with Crippen LogP contribution in [0, 0.1) is 5.92 Å². The van der Waals surface area contributed by atoms with Crippen LogP contribution in [0.15, 0.2) is 36.4 Å². The van der Waals surface area contributed by atoms with Crippen molar-refractivity contribution in [1.82, 2.24) is 9.78 Å². The summed E-state index contributed by atoms with van der Waals surface area (Å²) in [6.07, 6.45) is 0. The highest BCUT2D eigenvalue weighted by molar-refractivity contribution is 5.69. The Morgan fingerprint density at radius 1 is 1.42 bits per heavy atom. The summed E-state index contributed by atoms with van der Waals surface area (Å²) < 4.78 is 7.12. The van der Waals surface area contributed by atoms with Crippen LogP contribution >= 0.6 is 0 Å². The second kappa shape index (κ2) is 5.56. The van der Waals surface area contributed by atoms with Crippen LogP contribution < -0.4 is 4.74 Å². The predicted octanol–water partition coefficient (Wildman–Crippen LogP) is 2.19. The monoisotopic (exact) mass is 260 g/mol. The fourth-order valence-corrected chi connectivity index (χ4v) is 1.67. The second-order valence-electron chi connectivity index (χ2n) is 4.41. The van der Waals surface area contributed by atoms with Crippen molar-refractivity contribution in [3.63, 3.8) is 0 Å². The first-order chi connectivity index (χ1) is 9.08. The van der Waals surface area contributed by atoms with Crippen LogP contribution in [0.2, 0.25) is 0 Å². The number of aryl methyl sites for hydroxylation is 1. The molecule has 100 valence electrons. The number of nitrogens with zero attached hydrogens (tertiary/aromatic N) is 2. The summed E-state index contributed by atoms with van der Waals surface area (Å²) >= 11 is 0. The lowest BCUT2D eigenvalue weighted by Gasteiger charge is -2.05. The number of ether oxygens (including phenoxy) is 1. The van der Waals surface area contributed by atoms with E-state index < -0.39 is 11.9 Å². The summed E-state index contributed by atoms with van der Waals surface area (Å²) in [6, 6.07) is 11.6. The van der Waals surface area contributed by atoms with Gasteiger partial charge < -0.3 is 9.84 Å². The fourth-order valence-electron chi connectivity index (χ4n) is 1.67. The Morgan fingerprint density at radius 3 is 2.74 bits per heavy atom. The zero-order valence-electron chi connectivity index (χ0n) is 10.9. The molecule has 0 saturated heterocycles. The van der Waals surface area contributed by atoms with Crippen LogP contribution in [0.25, 0.3) is 11.3 Å². The molecule has 1 aromatic heterocycles. The highest BCUT2D eigenvalue weighted by atomic mass is 16.5. The van der Waals surface area contributed by atoms with Gasteiger partial charge in [-0.2, -0.15) is 0 Å². The average Bonchev–Trinajstić information content (AvgIpc) is 2.78. The molecule has 0 aliphatic heterocycles. The van der Waals surface area contributed by atoms with Gasteiger partial charge in [-0.1, -0.05) is 30.3 Å². The van der Waals surface area contributed by atoms with Crippen LogP contribution in [0.1, 0.15) is 6.92 Å². The van der Waals surface area contributed by atoms with E-state index in [1.807, 2.05) is 43.4 Å². The smallest absolute Gasteiger partial charge is 0.309 e. The van der Waals surface area contributed by atoms with E-state index in [0.29, 0.717) is 5.88 Å². The summed E-state index contributed by atoms with van der Waals surface area (Å²) in [5, 5.41) is 13.0.